The van der Waals surface area contributed by atoms with Crippen molar-refractivity contribution >= 4 is 5.91 Å². The second kappa shape index (κ2) is 7.66. The molecule has 1 aliphatic rings. The van der Waals surface area contributed by atoms with E-state index in [1.54, 1.807) is 0 Å². The Morgan fingerprint density at radius 2 is 2.06 bits per heavy atom. The van der Waals surface area contributed by atoms with E-state index in [0.29, 0.717) is 12.3 Å². The molecule has 0 aromatic carbocycles. The monoisotopic (exact) mass is 226 g/mol. The van der Waals surface area contributed by atoms with Crippen molar-refractivity contribution in [2.75, 3.05) is 13.1 Å². The molecule has 1 aliphatic carbocycles. The molecule has 1 unspecified atom stereocenters. The molecule has 3 N–H and O–H groups in total. The second-order valence-corrected chi connectivity index (χ2v) is 5.18. The number of nitrogens with two attached hydrogens (primary N) is 1. The predicted octanol–water partition coefficient (Wildman–Crippen LogP) is 2.06. The molecule has 0 aromatic rings. The summed E-state index contributed by atoms with van der Waals surface area (Å²) in [6.45, 7) is 3.78. The number of rotatable bonds is 7. The largest absolute Gasteiger partial charge is 0.356 e. The van der Waals surface area contributed by atoms with Gasteiger partial charge in [0.05, 0.1) is 0 Å². The van der Waals surface area contributed by atoms with Crippen LogP contribution in [0.1, 0.15) is 51.9 Å². The molecule has 0 bridgehead atoms. The predicted molar refractivity (Wildman–Crippen MR) is 67.0 cm³/mol. The van der Waals surface area contributed by atoms with Crippen molar-refractivity contribution in [3.05, 3.63) is 0 Å². The van der Waals surface area contributed by atoms with Gasteiger partial charge in [0.15, 0.2) is 0 Å². The third-order valence-corrected chi connectivity index (χ3v) is 3.59. The quantitative estimate of drug-likeness (QED) is 0.698. The van der Waals surface area contributed by atoms with E-state index in [4.69, 9.17) is 5.73 Å². The van der Waals surface area contributed by atoms with E-state index >= 15 is 0 Å². The first-order chi connectivity index (χ1) is 7.72. The van der Waals surface area contributed by atoms with Gasteiger partial charge in [0.1, 0.15) is 0 Å². The van der Waals surface area contributed by atoms with Crippen LogP contribution in [0.25, 0.3) is 0 Å². The Labute approximate surface area is 99.2 Å². The Morgan fingerprint density at radius 3 is 2.69 bits per heavy atom. The number of hydrogen-bond acceptors (Lipinski definition) is 2. The van der Waals surface area contributed by atoms with Crippen LogP contribution in [0.15, 0.2) is 0 Å². The Balaban J connectivity index is 2.01. The molecule has 0 spiro atoms. The zero-order chi connectivity index (χ0) is 11.8. The first-order valence-electron chi connectivity index (χ1n) is 6.69. The number of carbonyl (C=O) groups is 1. The molecule has 3 nitrogen and oxygen atoms in total. The van der Waals surface area contributed by atoms with Crippen LogP contribution in [0.4, 0.5) is 0 Å². The lowest BCUT2D eigenvalue weighted by Crippen LogP contribution is -2.28. The van der Waals surface area contributed by atoms with Gasteiger partial charge in [0.2, 0.25) is 5.91 Å². The van der Waals surface area contributed by atoms with Crippen LogP contribution in [0.3, 0.4) is 0 Å². The molecule has 1 rings (SSSR count). The summed E-state index contributed by atoms with van der Waals surface area (Å²) in [6.07, 6.45) is 7.92. The normalized spacial score (nSPS) is 18.6. The summed E-state index contributed by atoms with van der Waals surface area (Å²) in [6, 6.07) is 0. The fourth-order valence-electron chi connectivity index (χ4n) is 2.37. The maximum Gasteiger partial charge on any atom is 0.220 e. The molecule has 94 valence electrons. The van der Waals surface area contributed by atoms with Gasteiger partial charge < -0.3 is 11.1 Å². The summed E-state index contributed by atoms with van der Waals surface area (Å²) in [7, 11) is 0. The highest BCUT2D eigenvalue weighted by molar-refractivity contribution is 5.75. The van der Waals surface area contributed by atoms with Gasteiger partial charge in [-0.15, -0.1) is 0 Å². The maximum atomic E-state index is 11.6. The van der Waals surface area contributed by atoms with Crippen molar-refractivity contribution in [2.24, 2.45) is 17.6 Å². The van der Waals surface area contributed by atoms with Gasteiger partial charge in [-0.3, -0.25) is 4.79 Å². The van der Waals surface area contributed by atoms with Gasteiger partial charge in [-0.2, -0.15) is 0 Å². The van der Waals surface area contributed by atoms with Crippen LogP contribution in [-0.4, -0.2) is 19.0 Å². The van der Waals surface area contributed by atoms with Gasteiger partial charge in [-0.1, -0.05) is 19.8 Å². The average Bonchev–Trinajstić information content (AvgIpc) is 2.77. The summed E-state index contributed by atoms with van der Waals surface area (Å²) in [5.74, 6) is 1.53. The van der Waals surface area contributed by atoms with Crippen LogP contribution in [-0.2, 0) is 4.79 Å². The fourth-order valence-corrected chi connectivity index (χ4v) is 2.37. The van der Waals surface area contributed by atoms with Gasteiger partial charge in [-0.05, 0) is 44.1 Å². The Kier molecular flexibility index (Phi) is 6.46. The van der Waals surface area contributed by atoms with Crippen molar-refractivity contribution in [3.8, 4) is 0 Å². The molecular formula is C13H26N2O. The summed E-state index contributed by atoms with van der Waals surface area (Å²) in [5, 5.41) is 3.05. The van der Waals surface area contributed by atoms with Crippen molar-refractivity contribution in [1.29, 1.82) is 0 Å². The molecule has 1 atom stereocenters. The number of nitrogens with one attached hydrogen (secondary N) is 1. The summed E-state index contributed by atoms with van der Waals surface area (Å²) < 4.78 is 0. The highest BCUT2D eigenvalue weighted by atomic mass is 16.1. The van der Waals surface area contributed by atoms with Crippen LogP contribution in [0.5, 0.6) is 0 Å². The fraction of sp³-hybridized carbons (Fsp3) is 0.923. The van der Waals surface area contributed by atoms with Crippen molar-refractivity contribution in [2.45, 2.75) is 51.9 Å². The van der Waals surface area contributed by atoms with Crippen molar-refractivity contribution in [1.82, 2.24) is 5.32 Å². The second-order valence-electron chi connectivity index (χ2n) is 5.18. The van der Waals surface area contributed by atoms with E-state index in [2.05, 4.69) is 12.2 Å². The Hall–Kier alpha value is -0.570. The highest BCUT2D eigenvalue weighted by Crippen LogP contribution is 2.23. The van der Waals surface area contributed by atoms with E-state index in [1.165, 1.54) is 25.7 Å². The van der Waals surface area contributed by atoms with E-state index in [9.17, 15) is 4.79 Å². The third-order valence-electron chi connectivity index (χ3n) is 3.59. The van der Waals surface area contributed by atoms with E-state index < -0.39 is 0 Å². The molecule has 3 heteroatoms. The molecule has 1 fully saturated rings. The number of carbonyl (C=O) groups excluding carboxylic acids is 1. The molecule has 0 aliphatic heterocycles. The SMILES string of the molecule is CC(CCN)CCC(=O)NCC1CCCC1. The third kappa shape index (κ3) is 5.50. The molecule has 0 aromatic heterocycles. The highest BCUT2D eigenvalue weighted by Gasteiger charge is 2.15. The minimum atomic E-state index is 0.218. The van der Waals surface area contributed by atoms with Crippen LogP contribution in [0.2, 0.25) is 0 Å². The van der Waals surface area contributed by atoms with Gasteiger partial charge in [-0.25, -0.2) is 0 Å². The summed E-state index contributed by atoms with van der Waals surface area (Å²) >= 11 is 0. The Bertz CT molecular complexity index is 200. The summed E-state index contributed by atoms with van der Waals surface area (Å²) in [4.78, 5) is 11.6. The first-order valence-corrected chi connectivity index (χ1v) is 6.69. The van der Waals surface area contributed by atoms with Crippen LogP contribution in [0, 0.1) is 11.8 Å². The molecule has 0 heterocycles. The van der Waals surface area contributed by atoms with E-state index in [0.717, 1.165) is 31.8 Å². The van der Waals surface area contributed by atoms with Crippen LogP contribution >= 0.6 is 0 Å². The molecule has 0 radical (unpaired) electrons. The van der Waals surface area contributed by atoms with Crippen molar-refractivity contribution in [3.63, 3.8) is 0 Å². The van der Waals surface area contributed by atoms with Gasteiger partial charge >= 0.3 is 0 Å². The summed E-state index contributed by atoms with van der Waals surface area (Å²) in [5.41, 5.74) is 5.48. The average molecular weight is 226 g/mol. The minimum Gasteiger partial charge on any atom is -0.356 e. The zero-order valence-corrected chi connectivity index (χ0v) is 10.5. The standard InChI is InChI=1S/C13H26N2O/c1-11(8-9-14)6-7-13(16)15-10-12-4-2-3-5-12/h11-12H,2-10,14H2,1H3,(H,15,16). The minimum absolute atomic E-state index is 0.218. The zero-order valence-electron chi connectivity index (χ0n) is 10.5. The van der Waals surface area contributed by atoms with Crippen molar-refractivity contribution < 1.29 is 4.79 Å². The molecule has 0 saturated heterocycles. The van der Waals surface area contributed by atoms with Gasteiger partial charge in [0, 0.05) is 13.0 Å². The lowest BCUT2D eigenvalue weighted by atomic mass is 10.0. The smallest absolute Gasteiger partial charge is 0.220 e. The number of amides is 1. The first kappa shape index (κ1) is 13.5. The van der Waals surface area contributed by atoms with Gasteiger partial charge in [0.25, 0.3) is 0 Å². The maximum absolute atomic E-state index is 11.6. The lowest BCUT2D eigenvalue weighted by molar-refractivity contribution is -0.121. The topological polar surface area (TPSA) is 55.1 Å². The molecular weight excluding hydrogens is 200 g/mol. The molecule has 1 saturated carbocycles. The van der Waals surface area contributed by atoms with Crippen LogP contribution < -0.4 is 11.1 Å². The lowest BCUT2D eigenvalue weighted by Gasteiger charge is -2.12. The molecule has 1 amide bonds. The molecule has 16 heavy (non-hydrogen) atoms. The van der Waals surface area contributed by atoms with E-state index in [1.807, 2.05) is 0 Å². The van der Waals surface area contributed by atoms with E-state index in [-0.39, 0.29) is 5.91 Å². The number of hydrogen-bond donors (Lipinski definition) is 2. The Morgan fingerprint density at radius 1 is 1.38 bits per heavy atom.